The second kappa shape index (κ2) is 5.72. The Kier molecular flexibility index (Phi) is 4.77. The van der Waals surface area contributed by atoms with E-state index in [0.29, 0.717) is 0 Å². The highest BCUT2D eigenvalue weighted by Crippen LogP contribution is 2.24. The predicted octanol–water partition coefficient (Wildman–Crippen LogP) is 2.48. The van der Waals surface area contributed by atoms with Gasteiger partial charge in [-0.2, -0.15) is 0 Å². The van der Waals surface area contributed by atoms with Crippen LogP contribution in [0.25, 0.3) is 0 Å². The van der Waals surface area contributed by atoms with E-state index in [4.69, 9.17) is 10.5 Å². The second-order valence-corrected chi connectivity index (χ2v) is 5.91. The summed E-state index contributed by atoms with van der Waals surface area (Å²) in [6.07, 6.45) is 0. The zero-order chi connectivity index (χ0) is 13.9. The molecule has 1 aromatic rings. The molecule has 0 atom stereocenters. The van der Waals surface area contributed by atoms with Crippen LogP contribution < -0.4 is 10.5 Å². The molecule has 18 heavy (non-hydrogen) atoms. The predicted molar refractivity (Wildman–Crippen MR) is 77.1 cm³/mol. The van der Waals surface area contributed by atoms with E-state index in [2.05, 4.69) is 37.9 Å². The average Bonchev–Trinajstić information content (AvgIpc) is 2.20. The molecule has 0 spiro atoms. The van der Waals surface area contributed by atoms with Gasteiger partial charge in [0.15, 0.2) is 0 Å². The lowest BCUT2D eigenvalue weighted by molar-refractivity contribution is 0.259. The lowest BCUT2D eigenvalue weighted by Crippen LogP contribution is -2.43. The Bertz CT molecular complexity index is 408. The van der Waals surface area contributed by atoms with Crippen molar-refractivity contribution in [2.24, 2.45) is 5.73 Å². The smallest absolute Gasteiger partial charge is 0.123 e. The molecular formula is C15H26N2O. The Balaban J connectivity index is 2.86. The molecule has 0 unspecified atom stereocenters. The summed E-state index contributed by atoms with van der Waals surface area (Å²) in [5.41, 5.74) is 9.64. The van der Waals surface area contributed by atoms with Crippen molar-refractivity contribution in [3.63, 3.8) is 0 Å². The van der Waals surface area contributed by atoms with Crippen molar-refractivity contribution in [1.29, 1.82) is 0 Å². The van der Waals surface area contributed by atoms with Crippen LogP contribution in [0.15, 0.2) is 12.1 Å². The van der Waals surface area contributed by atoms with Crippen molar-refractivity contribution in [2.75, 3.05) is 20.7 Å². The number of likely N-dealkylation sites (N-methyl/N-ethyl adjacent to an activating group) is 1. The van der Waals surface area contributed by atoms with Gasteiger partial charge in [0.1, 0.15) is 5.75 Å². The number of hydrogen-bond acceptors (Lipinski definition) is 3. The zero-order valence-electron chi connectivity index (χ0n) is 12.5. The Morgan fingerprint density at radius 2 is 1.78 bits per heavy atom. The van der Waals surface area contributed by atoms with E-state index >= 15 is 0 Å². The highest BCUT2D eigenvalue weighted by Gasteiger charge is 2.15. The minimum atomic E-state index is -0.179. The van der Waals surface area contributed by atoms with Gasteiger partial charge < -0.3 is 15.4 Å². The monoisotopic (exact) mass is 250 g/mol. The van der Waals surface area contributed by atoms with Crippen molar-refractivity contribution in [3.8, 4) is 5.75 Å². The maximum Gasteiger partial charge on any atom is 0.123 e. The van der Waals surface area contributed by atoms with Gasteiger partial charge in [0.05, 0.1) is 7.11 Å². The number of hydrogen-bond donors (Lipinski definition) is 1. The maximum absolute atomic E-state index is 6.04. The molecule has 0 amide bonds. The third-order valence-corrected chi connectivity index (χ3v) is 3.01. The molecule has 0 fully saturated rings. The summed E-state index contributed by atoms with van der Waals surface area (Å²) in [6.45, 7) is 10.0. The van der Waals surface area contributed by atoms with Crippen molar-refractivity contribution in [2.45, 2.75) is 39.8 Å². The molecule has 0 bridgehead atoms. The van der Waals surface area contributed by atoms with E-state index in [1.807, 2.05) is 13.8 Å². The molecule has 3 heteroatoms. The van der Waals surface area contributed by atoms with Gasteiger partial charge in [-0.1, -0.05) is 6.07 Å². The third-order valence-electron chi connectivity index (χ3n) is 3.01. The molecule has 0 heterocycles. The van der Waals surface area contributed by atoms with Crippen LogP contribution in [-0.2, 0) is 6.54 Å². The van der Waals surface area contributed by atoms with E-state index in [9.17, 15) is 0 Å². The molecule has 0 aliphatic carbocycles. The number of nitrogens with two attached hydrogens (primary N) is 1. The summed E-state index contributed by atoms with van der Waals surface area (Å²) in [7, 11) is 3.81. The van der Waals surface area contributed by atoms with Gasteiger partial charge in [-0.05, 0) is 51.9 Å². The van der Waals surface area contributed by atoms with E-state index in [1.165, 1.54) is 16.7 Å². The molecule has 2 N–H and O–H groups in total. The average molecular weight is 250 g/mol. The Morgan fingerprint density at radius 1 is 1.22 bits per heavy atom. The minimum absolute atomic E-state index is 0.179. The van der Waals surface area contributed by atoms with E-state index < -0.39 is 0 Å². The topological polar surface area (TPSA) is 38.5 Å². The molecule has 0 saturated carbocycles. The largest absolute Gasteiger partial charge is 0.496 e. The molecule has 0 radical (unpaired) electrons. The highest BCUT2D eigenvalue weighted by atomic mass is 16.5. The number of ether oxygens (including phenoxy) is 1. The van der Waals surface area contributed by atoms with Gasteiger partial charge in [-0.25, -0.2) is 0 Å². The fourth-order valence-corrected chi connectivity index (χ4v) is 2.21. The number of methoxy groups -OCH3 is 1. The molecule has 102 valence electrons. The lowest BCUT2D eigenvalue weighted by Gasteiger charge is -2.27. The quantitative estimate of drug-likeness (QED) is 0.872. The van der Waals surface area contributed by atoms with Crippen LogP contribution in [0.2, 0.25) is 0 Å². The summed E-state index contributed by atoms with van der Waals surface area (Å²) in [5, 5.41) is 0. The summed E-state index contributed by atoms with van der Waals surface area (Å²) in [5.74, 6) is 0.958. The molecule has 1 aromatic carbocycles. The third kappa shape index (κ3) is 4.31. The highest BCUT2D eigenvalue weighted by molar-refractivity contribution is 5.41. The molecule has 0 aliphatic heterocycles. The van der Waals surface area contributed by atoms with Crippen LogP contribution in [0.1, 0.15) is 30.5 Å². The van der Waals surface area contributed by atoms with Gasteiger partial charge in [0.25, 0.3) is 0 Å². The summed E-state index contributed by atoms with van der Waals surface area (Å²) in [4.78, 5) is 2.23. The van der Waals surface area contributed by atoms with Crippen LogP contribution >= 0.6 is 0 Å². The van der Waals surface area contributed by atoms with Crippen molar-refractivity contribution >= 4 is 0 Å². The minimum Gasteiger partial charge on any atom is -0.496 e. The van der Waals surface area contributed by atoms with Gasteiger partial charge >= 0.3 is 0 Å². The number of rotatable bonds is 5. The van der Waals surface area contributed by atoms with Gasteiger partial charge in [0, 0.05) is 24.2 Å². The molecule has 0 aromatic heterocycles. The first-order chi connectivity index (χ1) is 8.23. The van der Waals surface area contributed by atoms with Crippen LogP contribution in [-0.4, -0.2) is 31.1 Å². The molecule has 1 rings (SSSR count). The SMILES string of the molecule is COc1cc(C)c(C)cc1CN(C)CC(C)(C)N. The summed E-state index contributed by atoms with van der Waals surface area (Å²) >= 11 is 0. The fraction of sp³-hybridized carbons (Fsp3) is 0.600. The Hall–Kier alpha value is -1.06. The van der Waals surface area contributed by atoms with Gasteiger partial charge in [-0.3, -0.25) is 0 Å². The van der Waals surface area contributed by atoms with Crippen LogP contribution in [0, 0.1) is 13.8 Å². The maximum atomic E-state index is 6.04. The molecule has 0 aliphatic rings. The van der Waals surface area contributed by atoms with E-state index in [1.54, 1.807) is 7.11 Å². The van der Waals surface area contributed by atoms with Crippen LogP contribution in [0.3, 0.4) is 0 Å². The lowest BCUT2D eigenvalue weighted by atomic mass is 10.0. The fourth-order valence-electron chi connectivity index (χ4n) is 2.21. The van der Waals surface area contributed by atoms with E-state index in [0.717, 1.165) is 18.8 Å². The van der Waals surface area contributed by atoms with Crippen LogP contribution in [0.5, 0.6) is 5.75 Å². The number of aryl methyl sites for hydroxylation is 2. The summed E-state index contributed by atoms with van der Waals surface area (Å²) in [6, 6.07) is 4.31. The van der Waals surface area contributed by atoms with Crippen LogP contribution in [0.4, 0.5) is 0 Å². The number of nitrogens with zero attached hydrogens (tertiary/aromatic N) is 1. The molecule has 0 saturated heterocycles. The Labute approximate surface area is 111 Å². The molecule has 3 nitrogen and oxygen atoms in total. The van der Waals surface area contributed by atoms with Crippen molar-refractivity contribution in [3.05, 3.63) is 28.8 Å². The second-order valence-electron chi connectivity index (χ2n) is 5.91. The first-order valence-electron chi connectivity index (χ1n) is 6.34. The zero-order valence-corrected chi connectivity index (χ0v) is 12.5. The van der Waals surface area contributed by atoms with Crippen molar-refractivity contribution < 1.29 is 4.74 Å². The first-order valence-corrected chi connectivity index (χ1v) is 6.34. The van der Waals surface area contributed by atoms with Gasteiger partial charge in [-0.15, -0.1) is 0 Å². The van der Waals surface area contributed by atoms with Gasteiger partial charge in [0.2, 0.25) is 0 Å². The molecular weight excluding hydrogens is 224 g/mol. The summed E-state index contributed by atoms with van der Waals surface area (Å²) < 4.78 is 5.45. The van der Waals surface area contributed by atoms with Crippen molar-refractivity contribution in [1.82, 2.24) is 4.90 Å². The standard InChI is InChI=1S/C15H26N2O/c1-11-7-13(14(18-6)8-12(11)2)9-17(5)10-15(3,4)16/h7-8H,9-10,16H2,1-6H3. The Morgan fingerprint density at radius 3 is 2.28 bits per heavy atom. The first kappa shape index (κ1) is 15.0. The normalized spacial score (nSPS) is 12.0. The number of benzene rings is 1. The van der Waals surface area contributed by atoms with E-state index in [-0.39, 0.29) is 5.54 Å².